The van der Waals surface area contributed by atoms with Crippen molar-refractivity contribution in [3.05, 3.63) is 11.6 Å². The highest BCUT2D eigenvalue weighted by Gasteiger charge is 2.63. The third-order valence-electron chi connectivity index (χ3n) is 10.6. The molecule has 0 bridgehead atoms. The molecule has 7 nitrogen and oxygen atoms in total. The minimum absolute atomic E-state index is 0.122. The van der Waals surface area contributed by atoms with Gasteiger partial charge in [0.15, 0.2) is 6.61 Å². The summed E-state index contributed by atoms with van der Waals surface area (Å²) >= 11 is 0. The Labute approximate surface area is 214 Å². The number of terminal acetylenes is 1. The van der Waals surface area contributed by atoms with E-state index in [4.69, 9.17) is 11.3 Å². The van der Waals surface area contributed by atoms with Gasteiger partial charge in [-0.05, 0) is 99.9 Å². The zero-order chi connectivity index (χ0) is 25.6. The van der Waals surface area contributed by atoms with Crippen LogP contribution in [-0.4, -0.2) is 47.4 Å². The Bertz CT molecular complexity index is 1010. The Morgan fingerprint density at radius 1 is 1.19 bits per heavy atom. The van der Waals surface area contributed by atoms with Gasteiger partial charge in [-0.15, -0.1) is 6.42 Å². The van der Waals surface area contributed by atoms with E-state index < -0.39 is 11.6 Å². The number of oxime groups is 1. The first-order valence-corrected chi connectivity index (χ1v) is 13.9. The molecule has 1 heterocycles. The zero-order valence-corrected chi connectivity index (χ0v) is 21.8. The first kappa shape index (κ1) is 25.3. The Morgan fingerprint density at radius 2 is 2.00 bits per heavy atom. The second-order valence-corrected chi connectivity index (χ2v) is 12.3. The van der Waals surface area contributed by atoms with Crippen LogP contribution in [0, 0.1) is 40.9 Å². The fourth-order valence-electron chi connectivity index (χ4n) is 8.38. The van der Waals surface area contributed by atoms with E-state index in [1.807, 2.05) is 0 Å². The lowest BCUT2D eigenvalue weighted by Crippen LogP contribution is -2.54. The smallest absolute Gasteiger partial charge is 0.261 e. The first-order chi connectivity index (χ1) is 17.2. The predicted octanol–water partition coefficient (Wildman–Crippen LogP) is 3.47. The van der Waals surface area contributed by atoms with Crippen LogP contribution in [0.25, 0.3) is 0 Å². The van der Waals surface area contributed by atoms with Gasteiger partial charge in [0.2, 0.25) is 5.91 Å². The van der Waals surface area contributed by atoms with Crippen molar-refractivity contribution in [2.45, 2.75) is 96.1 Å². The average Bonchev–Trinajstić information content (AvgIpc) is 2.98. The molecule has 0 aromatic rings. The molecule has 3 N–H and O–H groups in total. The number of hydrogen-bond acceptors (Lipinski definition) is 5. The molecule has 0 radical (unpaired) electrons. The lowest BCUT2D eigenvalue weighted by Gasteiger charge is -2.58. The molecule has 5 aliphatic rings. The predicted molar refractivity (Wildman–Crippen MR) is 138 cm³/mol. The number of allylic oxidation sites excluding steroid dienone is 2. The maximum Gasteiger partial charge on any atom is 0.261 e. The van der Waals surface area contributed by atoms with Crippen LogP contribution in [0.4, 0.5) is 0 Å². The lowest BCUT2D eigenvalue weighted by atomic mass is 9.46. The molecule has 4 aliphatic carbocycles. The number of nitrogens with zero attached hydrogens (tertiary/aromatic N) is 1. The fraction of sp³-hybridized carbons (Fsp3) is 0.759. The normalized spacial score (nSPS) is 43.1. The molecular weight excluding hydrogens is 454 g/mol. The summed E-state index contributed by atoms with van der Waals surface area (Å²) in [5.74, 6) is 4.03. The first-order valence-electron chi connectivity index (χ1n) is 13.9. The molecule has 0 aromatic heterocycles. The largest absolute Gasteiger partial charge is 0.385 e. The van der Waals surface area contributed by atoms with Crippen LogP contribution in [0.1, 0.15) is 84.5 Å². The van der Waals surface area contributed by atoms with Gasteiger partial charge in [0.1, 0.15) is 11.6 Å². The molecule has 196 valence electrons. The monoisotopic (exact) mass is 495 g/mol. The molecule has 3 saturated carbocycles. The Hall–Kier alpha value is -2.33. The number of fused-ring (bicyclic) bond motifs is 5. The van der Waals surface area contributed by atoms with Crippen LogP contribution in [0.5, 0.6) is 0 Å². The lowest BCUT2D eigenvalue weighted by molar-refractivity contribution is -0.131. The van der Waals surface area contributed by atoms with E-state index in [1.165, 1.54) is 5.57 Å². The van der Waals surface area contributed by atoms with E-state index in [0.29, 0.717) is 30.7 Å². The summed E-state index contributed by atoms with van der Waals surface area (Å²) in [6, 6.07) is -0.488. The Balaban J connectivity index is 1.21. The van der Waals surface area contributed by atoms with Crippen LogP contribution >= 0.6 is 0 Å². The van der Waals surface area contributed by atoms with Gasteiger partial charge in [-0.1, -0.05) is 30.5 Å². The highest BCUT2D eigenvalue weighted by Crippen LogP contribution is 2.67. The van der Waals surface area contributed by atoms with Crippen LogP contribution in [0.2, 0.25) is 0 Å². The molecule has 0 aromatic carbocycles. The van der Waals surface area contributed by atoms with Gasteiger partial charge in [0.25, 0.3) is 5.91 Å². The molecule has 5 rings (SSSR count). The van der Waals surface area contributed by atoms with Crippen molar-refractivity contribution in [2.75, 3.05) is 13.2 Å². The van der Waals surface area contributed by atoms with E-state index in [0.717, 1.165) is 69.9 Å². The van der Waals surface area contributed by atoms with Crippen molar-refractivity contribution < 1.29 is 19.5 Å². The molecule has 1 saturated heterocycles. The molecule has 2 amide bonds. The van der Waals surface area contributed by atoms with Gasteiger partial charge in [0.05, 0.1) is 5.71 Å². The molecule has 7 atom stereocenters. The Kier molecular flexibility index (Phi) is 6.70. The maximum absolute atomic E-state index is 12.3. The highest BCUT2D eigenvalue weighted by molar-refractivity contribution is 5.96. The summed E-state index contributed by atoms with van der Waals surface area (Å²) in [4.78, 5) is 29.8. The van der Waals surface area contributed by atoms with Gasteiger partial charge in [0, 0.05) is 12.0 Å². The summed E-state index contributed by atoms with van der Waals surface area (Å²) in [6.45, 7) is 5.13. The summed E-state index contributed by atoms with van der Waals surface area (Å²) in [6.07, 6.45) is 18.4. The maximum atomic E-state index is 12.3. The second-order valence-electron chi connectivity index (χ2n) is 12.3. The number of carbonyl (C=O) groups excluding carboxylic acids is 2. The number of carbonyl (C=O) groups is 2. The van der Waals surface area contributed by atoms with Crippen molar-refractivity contribution in [1.82, 2.24) is 10.6 Å². The summed E-state index contributed by atoms with van der Waals surface area (Å²) < 4.78 is 0. The SMILES string of the molecule is C#C[C@@]1(O)CC[C@@H]2[C@H]3CCC4=C/C(=N\OCC(=O)N[C@@H]5CCCCNC5=O)CC[C@]4(C)[C@@H]3CC[C@@]21C. The van der Waals surface area contributed by atoms with Crippen LogP contribution in [-0.2, 0) is 14.4 Å². The van der Waals surface area contributed by atoms with Crippen molar-refractivity contribution in [3.63, 3.8) is 0 Å². The molecule has 4 fully saturated rings. The van der Waals surface area contributed by atoms with Gasteiger partial charge in [-0.2, -0.15) is 0 Å². The number of nitrogens with one attached hydrogen (secondary N) is 2. The van der Waals surface area contributed by atoms with Crippen molar-refractivity contribution >= 4 is 17.5 Å². The van der Waals surface area contributed by atoms with E-state index in [1.54, 1.807) is 0 Å². The summed E-state index contributed by atoms with van der Waals surface area (Å²) in [5.41, 5.74) is 1.35. The van der Waals surface area contributed by atoms with Gasteiger partial charge >= 0.3 is 0 Å². The fourth-order valence-corrected chi connectivity index (χ4v) is 8.38. The van der Waals surface area contributed by atoms with Gasteiger partial charge in [-0.25, -0.2) is 0 Å². The minimum atomic E-state index is -0.963. The number of amides is 2. The molecule has 0 spiro atoms. The topological polar surface area (TPSA) is 100 Å². The quantitative estimate of drug-likeness (QED) is 0.411. The third-order valence-corrected chi connectivity index (χ3v) is 10.6. The zero-order valence-electron chi connectivity index (χ0n) is 21.8. The van der Waals surface area contributed by atoms with Crippen molar-refractivity contribution in [3.8, 4) is 12.3 Å². The second kappa shape index (κ2) is 9.52. The van der Waals surface area contributed by atoms with Crippen LogP contribution < -0.4 is 10.6 Å². The van der Waals surface area contributed by atoms with E-state index >= 15 is 0 Å². The van der Waals surface area contributed by atoms with Gasteiger partial charge in [-0.3, -0.25) is 9.59 Å². The number of rotatable bonds is 4. The Morgan fingerprint density at radius 3 is 2.81 bits per heavy atom. The molecule has 36 heavy (non-hydrogen) atoms. The van der Waals surface area contributed by atoms with E-state index in [2.05, 4.69) is 41.6 Å². The van der Waals surface area contributed by atoms with E-state index in [9.17, 15) is 14.7 Å². The molecule has 1 aliphatic heterocycles. The van der Waals surface area contributed by atoms with Crippen LogP contribution in [0.15, 0.2) is 16.8 Å². The minimum Gasteiger partial charge on any atom is -0.385 e. The van der Waals surface area contributed by atoms with Crippen molar-refractivity contribution in [2.24, 2.45) is 33.7 Å². The summed E-state index contributed by atoms with van der Waals surface area (Å²) in [7, 11) is 0. The number of hydrogen-bond donors (Lipinski definition) is 3. The molecular formula is C29H41N3O4. The molecule has 7 heteroatoms. The molecule has 0 unspecified atom stereocenters. The highest BCUT2D eigenvalue weighted by atomic mass is 16.6. The third kappa shape index (κ3) is 4.16. The van der Waals surface area contributed by atoms with Crippen LogP contribution in [0.3, 0.4) is 0 Å². The van der Waals surface area contributed by atoms with Gasteiger partial charge < -0.3 is 20.6 Å². The standard InChI is InChI=1S/C29H41N3O4/c1-4-29(35)15-12-23-21-9-8-19-17-20(10-13-27(19,2)22(21)11-14-28(23,29)3)32-36-18-25(33)31-24-7-5-6-16-30-26(24)34/h1,17,21-24,35H,5-16,18H2,2-3H3,(H,30,34)(H,31,33)/b32-20-/t21-,22+,23+,24+,27-,28-,29+/m0/s1. The average molecular weight is 496 g/mol. The number of aliphatic hydroxyl groups is 1. The summed E-state index contributed by atoms with van der Waals surface area (Å²) in [5, 5.41) is 21.1. The van der Waals surface area contributed by atoms with Crippen molar-refractivity contribution in [1.29, 1.82) is 0 Å². The van der Waals surface area contributed by atoms with E-state index in [-0.39, 0.29) is 29.3 Å².